The van der Waals surface area contributed by atoms with Gasteiger partial charge in [0.25, 0.3) is 0 Å². The Labute approximate surface area is 83.5 Å². The van der Waals surface area contributed by atoms with Crippen LogP contribution in [0.25, 0.3) is 0 Å². The van der Waals surface area contributed by atoms with Gasteiger partial charge in [-0.05, 0) is 24.2 Å². The van der Waals surface area contributed by atoms with E-state index in [1.165, 1.54) is 25.7 Å². The van der Waals surface area contributed by atoms with Crippen LogP contribution in [0.4, 0.5) is 0 Å². The SMILES string of the molecule is CCC(C)C(C)CCCC(C)CO. The number of hydrogen-bond acceptors (Lipinski definition) is 1. The van der Waals surface area contributed by atoms with Crippen molar-refractivity contribution >= 4 is 0 Å². The Bertz CT molecular complexity index is 112. The van der Waals surface area contributed by atoms with Gasteiger partial charge >= 0.3 is 0 Å². The summed E-state index contributed by atoms with van der Waals surface area (Å²) >= 11 is 0. The van der Waals surface area contributed by atoms with Gasteiger partial charge in [0, 0.05) is 6.61 Å². The Balaban J connectivity index is 3.41. The van der Waals surface area contributed by atoms with Crippen molar-refractivity contribution in [1.82, 2.24) is 0 Å². The van der Waals surface area contributed by atoms with E-state index >= 15 is 0 Å². The van der Waals surface area contributed by atoms with Crippen LogP contribution >= 0.6 is 0 Å². The van der Waals surface area contributed by atoms with Gasteiger partial charge < -0.3 is 5.11 Å². The molecule has 0 aromatic rings. The normalized spacial score (nSPS) is 18.2. The van der Waals surface area contributed by atoms with E-state index < -0.39 is 0 Å². The average molecular weight is 186 g/mol. The van der Waals surface area contributed by atoms with Gasteiger partial charge in [0.05, 0.1) is 0 Å². The summed E-state index contributed by atoms with van der Waals surface area (Å²) in [5.74, 6) is 2.18. The molecule has 1 heteroatoms. The molecule has 13 heavy (non-hydrogen) atoms. The number of rotatable bonds is 7. The Morgan fingerprint density at radius 3 is 2.08 bits per heavy atom. The van der Waals surface area contributed by atoms with E-state index in [0.29, 0.717) is 12.5 Å². The summed E-state index contributed by atoms with van der Waals surface area (Å²) in [6.45, 7) is 9.40. The van der Waals surface area contributed by atoms with E-state index in [-0.39, 0.29) is 0 Å². The van der Waals surface area contributed by atoms with E-state index in [1.807, 2.05) is 0 Å². The molecule has 0 spiro atoms. The van der Waals surface area contributed by atoms with Crippen LogP contribution in [0, 0.1) is 17.8 Å². The smallest absolute Gasteiger partial charge is 0.0456 e. The summed E-state index contributed by atoms with van der Waals surface area (Å²) in [4.78, 5) is 0. The zero-order valence-electron chi connectivity index (χ0n) is 9.71. The van der Waals surface area contributed by atoms with Crippen LogP contribution in [-0.2, 0) is 0 Å². The van der Waals surface area contributed by atoms with E-state index in [9.17, 15) is 0 Å². The van der Waals surface area contributed by atoms with Crippen LogP contribution in [0.2, 0.25) is 0 Å². The molecule has 0 saturated heterocycles. The number of aliphatic hydroxyl groups is 1. The van der Waals surface area contributed by atoms with Gasteiger partial charge in [0.2, 0.25) is 0 Å². The van der Waals surface area contributed by atoms with Gasteiger partial charge in [-0.2, -0.15) is 0 Å². The van der Waals surface area contributed by atoms with Gasteiger partial charge in [-0.15, -0.1) is 0 Å². The molecule has 0 aromatic heterocycles. The van der Waals surface area contributed by atoms with E-state index in [1.54, 1.807) is 0 Å². The Morgan fingerprint density at radius 2 is 1.62 bits per heavy atom. The summed E-state index contributed by atoms with van der Waals surface area (Å²) in [7, 11) is 0. The lowest BCUT2D eigenvalue weighted by Crippen LogP contribution is -2.08. The molecular weight excluding hydrogens is 160 g/mol. The first-order valence-electron chi connectivity index (χ1n) is 5.72. The fourth-order valence-corrected chi connectivity index (χ4v) is 1.57. The molecule has 3 unspecified atom stereocenters. The molecule has 0 rings (SSSR count). The Morgan fingerprint density at radius 1 is 1.00 bits per heavy atom. The first kappa shape index (κ1) is 13.0. The third-order valence-corrected chi connectivity index (χ3v) is 3.28. The molecule has 0 fully saturated rings. The fourth-order valence-electron chi connectivity index (χ4n) is 1.57. The van der Waals surface area contributed by atoms with Crippen LogP contribution in [0.15, 0.2) is 0 Å². The molecule has 1 nitrogen and oxygen atoms in total. The van der Waals surface area contributed by atoms with Crippen molar-refractivity contribution in [1.29, 1.82) is 0 Å². The molecule has 0 radical (unpaired) electrons. The van der Waals surface area contributed by atoms with Crippen molar-refractivity contribution in [3.63, 3.8) is 0 Å². The highest BCUT2D eigenvalue weighted by Gasteiger charge is 2.10. The van der Waals surface area contributed by atoms with E-state index in [0.717, 1.165) is 11.8 Å². The van der Waals surface area contributed by atoms with Crippen LogP contribution in [0.1, 0.15) is 53.4 Å². The fraction of sp³-hybridized carbons (Fsp3) is 1.00. The maximum Gasteiger partial charge on any atom is 0.0456 e. The van der Waals surface area contributed by atoms with Crippen molar-refractivity contribution in [2.24, 2.45) is 17.8 Å². The van der Waals surface area contributed by atoms with Gasteiger partial charge in [0.1, 0.15) is 0 Å². The summed E-state index contributed by atoms with van der Waals surface area (Å²) in [5, 5.41) is 8.86. The maximum absolute atomic E-state index is 8.86. The van der Waals surface area contributed by atoms with Crippen molar-refractivity contribution < 1.29 is 5.11 Å². The first-order valence-corrected chi connectivity index (χ1v) is 5.72. The third-order valence-electron chi connectivity index (χ3n) is 3.28. The quantitative estimate of drug-likeness (QED) is 0.645. The average Bonchev–Trinajstić information content (AvgIpc) is 2.15. The summed E-state index contributed by atoms with van der Waals surface area (Å²) < 4.78 is 0. The van der Waals surface area contributed by atoms with Crippen molar-refractivity contribution in [2.75, 3.05) is 6.61 Å². The molecule has 0 saturated carbocycles. The molecule has 0 amide bonds. The Kier molecular flexibility index (Phi) is 7.35. The summed E-state index contributed by atoms with van der Waals surface area (Å²) in [6.07, 6.45) is 5.06. The molecule has 0 aliphatic rings. The molecule has 3 atom stereocenters. The van der Waals surface area contributed by atoms with Crippen LogP contribution in [-0.4, -0.2) is 11.7 Å². The van der Waals surface area contributed by atoms with Gasteiger partial charge in [-0.25, -0.2) is 0 Å². The first-order chi connectivity index (χ1) is 6.11. The Hall–Kier alpha value is -0.0400. The highest BCUT2D eigenvalue weighted by atomic mass is 16.3. The highest BCUT2D eigenvalue weighted by molar-refractivity contribution is 4.61. The largest absolute Gasteiger partial charge is 0.396 e. The zero-order valence-corrected chi connectivity index (χ0v) is 9.71. The molecule has 0 aromatic carbocycles. The number of hydrogen-bond donors (Lipinski definition) is 1. The zero-order chi connectivity index (χ0) is 10.3. The van der Waals surface area contributed by atoms with E-state index in [2.05, 4.69) is 27.7 Å². The van der Waals surface area contributed by atoms with Crippen LogP contribution < -0.4 is 0 Å². The number of aliphatic hydroxyl groups excluding tert-OH is 1. The van der Waals surface area contributed by atoms with Crippen molar-refractivity contribution in [3.8, 4) is 0 Å². The van der Waals surface area contributed by atoms with Gasteiger partial charge in [-0.1, -0.05) is 47.0 Å². The van der Waals surface area contributed by atoms with Gasteiger partial charge in [0.15, 0.2) is 0 Å². The second-order valence-electron chi connectivity index (χ2n) is 4.58. The molecule has 0 bridgehead atoms. The summed E-state index contributed by atoms with van der Waals surface area (Å²) in [6, 6.07) is 0. The van der Waals surface area contributed by atoms with Crippen LogP contribution in [0.3, 0.4) is 0 Å². The van der Waals surface area contributed by atoms with Crippen molar-refractivity contribution in [3.05, 3.63) is 0 Å². The third kappa shape index (κ3) is 6.09. The minimum absolute atomic E-state index is 0.345. The molecule has 0 aliphatic heterocycles. The topological polar surface area (TPSA) is 20.2 Å². The minimum atomic E-state index is 0.345. The maximum atomic E-state index is 8.86. The molecule has 0 heterocycles. The lowest BCUT2D eigenvalue weighted by atomic mass is 9.88. The van der Waals surface area contributed by atoms with E-state index in [4.69, 9.17) is 5.11 Å². The second-order valence-corrected chi connectivity index (χ2v) is 4.58. The van der Waals surface area contributed by atoms with Gasteiger partial charge in [-0.3, -0.25) is 0 Å². The molecule has 80 valence electrons. The standard InChI is InChI=1S/C12H26O/c1-5-11(3)12(4)8-6-7-10(2)9-13/h10-13H,5-9H2,1-4H3. The molecular formula is C12H26O. The summed E-state index contributed by atoms with van der Waals surface area (Å²) in [5.41, 5.74) is 0. The predicted molar refractivity (Wildman–Crippen MR) is 58.7 cm³/mol. The minimum Gasteiger partial charge on any atom is -0.396 e. The molecule has 0 aliphatic carbocycles. The van der Waals surface area contributed by atoms with Crippen molar-refractivity contribution in [2.45, 2.75) is 53.4 Å². The van der Waals surface area contributed by atoms with Crippen LogP contribution in [0.5, 0.6) is 0 Å². The molecule has 1 N–H and O–H groups in total. The predicted octanol–water partition coefficient (Wildman–Crippen LogP) is 3.47. The monoisotopic (exact) mass is 186 g/mol. The second kappa shape index (κ2) is 7.37. The lowest BCUT2D eigenvalue weighted by Gasteiger charge is -2.18. The highest BCUT2D eigenvalue weighted by Crippen LogP contribution is 2.21. The lowest BCUT2D eigenvalue weighted by molar-refractivity contribution is 0.222.